The molecule has 0 aliphatic carbocycles. The van der Waals surface area contributed by atoms with Gasteiger partial charge in [0.15, 0.2) is 15.6 Å². The Hall–Kier alpha value is -1.83. The molecular formula is C12H16N2O5S. The monoisotopic (exact) mass is 300 g/mol. The van der Waals surface area contributed by atoms with Crippen LogP contribution in [0.3, 0.4) is 0 Å². The largest absolute Gasteiger partial charge is 0.490 e. The maximum absolute atomic E-state index is 11.6. The fourth-order valence-corrected chi connectivity index (χ4v) is 3.93. The van der Waals surface area contributed by atoms with Crippen molar-refractivity contribution in [1.82, 2.24) is 0 Å². The highest BCUT2D eigenvalue weighted by Crippen LogP contribution is 2.30. The van der Waals surface area contributed by atoms with Gasteiger partial charge in [-0.1, -0.05) is 0 Å². The van der Waals surface area contributed by atoms with Crippen LogP contribution in [0.4, 0.5) is 11.4 Å². The average molecular weight is 300 g/mol. The van der Waals surface area contributed by atoms with Crippen molar-refractivity contribution < 1.29 is 18.1 Å². The van der Waals surface area contributed by atoms with Crippen molar-refractivity contribution in [3.8, 4) is 5.75 Å². The zero-order valence-electron chi connectivity index (χ0n) is 11.0. The lowest BCUT2D eigenvalue weighted by Gasteiger charge is -2.24. The molecule has 0 aromatic heterocycles. The zero-order chi connectivity index (χ0) is 14.8. The van der Waals surface area contributed by atoms with E-state index in [1.165, 1.54) is 19.2 Å². The van der Waals surface area contributed by atoms with E-state index in [1.807, 2.05) is 0 Å². The molecule has 110 valence electrons. The molecule has 1 atom stereocenters. The lowest BCUT2D eigenvalue weighted by Crippen LogP contribution is -2.34. The molecule has 0 radical (unpaired) electrons. The predicted octanol–water partition coefficient (Wildman–Crippen LogP) is 1.59. The van der Waals surface area contributed by atoms with Crippen molar-refractivity contribution in [2.45, 2.75) is 18.9 Å². The van der Waals surface area contributed by atoms with Crippen LogP contribution in [0.15, 0.2) is 18.2 Å². The average Bonchev–Trinajstić information content (AvgIpc) is 2.37. The summed E-state index contributed by atoms with van der Waals surface area (Å²) >= 11 is 0. The van der Waals surface area contributed by atoms with E-state index in [1.54, 1.807) is 6.07 Å². The highest BCUT2D eigenvalue weighted by Gasteiger charge is 2.25. The minimum absolute atomic E-state index is 0.0623. The quantitative estimate of drug-likeness (QED) is 0.669. The Kier molecular flexibility index (Phi) is 4.12. The first-order valence-corrected chi connectivity index (χ1v) is 8.03. The summed E-state index contributed by atoms with van der Waals surface area (Å²) in [6.45, 7) is 0. The Labute approximate surface area is 117 Å². The first-order valence-electron chi connectivity index (χ1n) is 6.21. The van der Waals surface area contributed by atoms with Gasteiger partial charge in [0.2, 0.25) is 0 Å². The highest BCUT2D eigenvalue weighted by molar-refractivity contribution is 7.91. The SMILES string of the molecule is COc1ccc(NC2CCCS(=O)(=O)C2)cc1[N+](=O)[O-]. The molecule has 1 aliphatic heterocycles. The molecule has 20 heavy (non-hydrogen) atoms. The minimum atomic E-state index is -3.01. The van der Waals surface area contributed by atoms with Gasteiger partial charge in [0, 0.05) is 17.8 Å². The molecule has 1 aromatic rings. The van der Waals surface area contributed by atoms with Gasteiger partial charge < -0.3 is 10.1 Å². The van der Waals surface area contributed by atoms with E-state index < -0.39 is 14.8 Å². The number of anilines is 1. The standard InChI is InChI=1S/C12H16N2O5S/c1-19-12-5-4-9(7-11(12)14(15)16)13-10-3-2-6-20(17,18)8-10/h4-5,7,10,13H,2-3,6,8H2,1H3. The van der Waals surface area contributed by atoms with Crippen molar-refractivity contribution in [3.63, 3.8) is 0 Å². The molecule has 1 heterocycles. The van der Waals surface area contributed by atoms with Crippen molar-refractivity contribution in [2.75, 3.05) is 23.9 Å². The van der Waals surface area contributed by atoms with Gasteiger partial charge in [0.25, 0.3) is 0 Å². The number of ether oxygens (including phenoxy) is 1. The van der Waals surface area contributed by atoms with Crippen LogP contribution >= 0.6 is 0 Å². The van der Waals surface area contributed by atoms with Crippen LogP contribution in [-0.4, -0.2) is 38.0 Å². The van der Waals surface area contributed by atoms with E-state index in [-0.39, 0.29) is 29.0 Å². The number of hydrogen-bond acceptors (Lipinski definition) is 6. The summed E-state index contributed by atoms with van der Waals surface area (Å²) in [5, 5.41) is 14.0. The lowest BCUT2D eigenvalue weighted by atomic mass is 10.1. The second-order valence-electron chi connectivity index (χ2n) is 4.74. The lowest BCUT2D eigenvalue weighted by molar-refractivity contribution is -0.385. The van der Waals surface area contributed by atoms with Crippen LogP contribution in [0.25, 0.3) is 0 Å². The molecule has 1 saturated heterocycles. The van der Waals surface area contributed by atoms with Crippen LogP contribution in [0, 0.1) is 10.1 Å². The van der Waals surface area contributed by atoms with Crippen LogP contribution in [-0.2, 0) is 9.84 Å². The van der Waals surface area contributed by atoms with Crippen LogP contribution in [0.1, 0.15) is 12.8 Å². The number of nitrogens with zero attached hydrogens (tertiary/aromatic N) is 1. The number of sulfone groups is 1. The number of benzene rings is 1. The first-order chi connectivity index (χ1) is 9.41. The van der Waals surface area contributed by atoms with E-state index in [2.05, 4.69) is 5.32 Å². The molecule has 0 saturated carbocycles. The molecule has 1 aliphatic rings. The van der Waals surface area contributed by atoms with E-state index in [9.17, 15) is 18.5 Å². The predicted molar refractivity (Wildman–Crippen MR) is 74.9 cm³/mol. The summed E-state index contributed by atoms with van der Waals surface area (Å²) in [6.07, 6.45) is 1.34. The second-order valence-corrected chi connectivity index (χ2v) is 6.97. The summed E-state index contributed by atoms with van der Waals surface area (Å²) in [5.41, 5.74) is 0.385. The van der Waals surface area contributed by atoms with Crippen LogP contribution in [0.2, 0.25) is 0 Å². The summed E-state index contributed by atoms with van der Waals surface area (Å²) in [7, 11) is -1.65. The summed E-state index contributed by atoms with van der Waals surface area (Å²) in [6, 6.07) is 4.30. The molecule has 1 fully saturated rings. The smallest absolute Gasteiger partial charge is 0.312 e. The van der Waals surface area contributed by atoms with Crippen molar-refractivity contribution in [2.24, 2.45) is 0 Å². The summed E-state index contributed by atoms with van der Waals surface area (Å²) in [5.74, 6) is 0.456. The van der Waals surface area contributed by atoms with Crippen molar-refractivity contribution in [1.29, 1.82) is 0 Å². The van der Waals surface area contributed by atoms with Gasteiger partial charge in [-0.2, -0.15) is 0 Å². The molecule has 8 heteroatoms. The Morgan fingerprint density at radius 1 is 1.45 bits per heavy atom. The van der Waals surface area contributed by atoms with Gasteiger partial charge in [-0.25, -0.2) is 8.42 Å². The maximum Gasteiger partial charge on any atom is 0.312 e. The molecule has 7 nitrogen and oxygen atoms in total. The van der Waals surface area contributed by atoms with Gasteiger partial charge in [-0.05, 0) is 25.0 Å². The summed E-state index contributed by atoms with van der Waals surface area (Å²) in [4.78, 5) is 10.4. The van der Waals surface area contributed by atoms with Crippen molar-refractivity contribution in [3.05, 3.63) is 28.3 Å². The molecule has 2 rings (SSSR count). The molecular weight excluding hydrogens is 284 g/mol. The highest BCUT2D eigenvalue weighted by atomic mass is 32.2. The Morgan fingerprint density at radius 3 is 2.80 bits per heavy atom. The first kappa shape index (κ1) is 14.6. The van der Waals surface area contributed by atoms with E-state index in [0.717, 1.165) is 6.42 Å². The number of nitrogens with one attached hydrogen (secondary N) is 1. The molecule has 0 bridgehead atoms. The molecule has 1 aromatic carbocycles. The Morgan fingerprint density at radius 2 is 2.20 bits per heavy atom. The number of nitro groups is 1. The molecule has 1 N–H and O–H groups in total. The Bertz CT molecular complexity index is 614. The summed E-state index contributed by atoms with van der Waals surface area (Å²) < 4.78 is 28.0. The van der Waals surface area contributed by atoms with Crippen LogP contribution < -0.4 is 10.1 Å². The number of hydrogen-bond donors (Lipinski definition) is 1. The number of nitro benzene ring substituents is 1. The number of rotatable bonds is 4. The maximum atomic E-state index is 11.6. The van der Waals surface area contributed by atoms with Gasteiger partial charge in [-0.15, -0.1) is 0 Å². The Balaban J connectivity index is 2.17. The fraction of sp³-hybridized carbons (Fsp3) is 0.500. The van der Waals surface area contributed by atoms with Gasteiger partial charge in [-0.3, -0.25) is 10.1 Å². The van der Waals surface area contributed by atoms with Gasteiger partial charge >= 0.3 is 5.69 Å². The molecule has 0 amide bonds. The van der Waals surface area contributed by atoms with E-state index >= 15 is 0 Å². The third-order valence-electron chi connectivity index (χ3n) is 3.21. The van der Waals surface area contributed by atoms with Gasteiger partial charge in [0.1, 0.15) is 0 Å². The van der Waals surface area contributed by atoms with Crippen LogP contribution in [0.5, 0.6) is 5.75 Å². The fourth-order valence-electron chi connectivity index (χ4n) is 2.29. The topological polar surface area (TPSA) is 98.5 Å². The zero-order valence-corrected chi connectivity index (χ0v) is 11.9. The molecule has 0 spiro atoms. The third-order valence-corrected chi connectivity index (χ3v) is 5.03. The van der Waals surface area contributed by atoms with Crippen molar-refractivity contribution >= 4 is 21.2 Å². The molecule has 1 unspecified atom stereocenters. The third kappa shape index (κ3) is 3.38. The normalized spacial score (nSPS) is 21.1. The minimum Gasteiger partial charge on any atom is -0.490 e. The van der Waals surface area contributed by atoms with Gasteiger partial charge in [0.05, 0.1) is 23.5 Å². The second kappa shape index (κ2) is 5.66. The van der Waals surface area contributed by atoms with E-state index in [4.69, 9.17) is 4.74 Å². The van der Waals surface area contributed by atoms with E-state index in [0.29, 0.717) is 12.1 Å². The number of methoxy groups -OCH3 is 1.